The highest BCUT2D eigenvalue weighted by Gasteiger charge is 2.40. The molecule has 0 bridgehead atoms. The average molecular weight is 507 g/mol. The summed E-state index contributed by atoms with van der Waals surface area (Å²) >= 11 is 0. The average Bonchev–Trinajstić information content (AvgIpc) is 2.84. The summed E-state index contributed by atoms with van der Waals surface area (Å²) in [6.07, 6.45) is 6.19. The summed E-state index contributed by atoms with van der Waals surface area (Å²) in [4.78, 5) is 4.82. The molecule has 2 heterocycles. The van der Waals surface area contributed by atoms with Gasteiger partial charge in [-0.3, -0.25) is 0 Å². The largest absolute Gasteiger partial charge is 0.494 e. The maximum atomic E-state index is 6.31. The predicted molar refractivity (Wildman–Crippen MR) is 154 cm³/mol. The van der Waals surface area contributed by atoms with Crippen LogP contribution in [0.15, 0.2) is 66.2 Å². The Morgan fingerprint density at radius 3 is 2.51 bits per heavy atom. The SMILES string of the molecule is C=C1C=C2/C(=c3\cccc(OCCCOC)c3=C(C)CC)N(C)CC(C(C)(C)C)N2C=C1C(=C)OCC. The number of hydrogen-bond donors (Lipinski definition) is 0. The van der Waals surface area contributed by atoms with Crippen molar-refractivity contribution in [2.24, 2.45) is 5.41 Å². The van der Waals surface area contributed by atoms with Crippen LogP contribution in [0, 0.1) is 5.41 Å². The molecule has 0 spiro atoms. The second-order valence-electron chi connectivity index (χ2n) is 11.0. The summed E-state index contributed by atoms with van der Waals surface area (Å²) in [6.45, 7) is 24.7. The molecule has 0 radical (unpaired) electrons. The Kier molecular flexibility index (Phi) is 9.36. The second kappa shape index (κ2) is 12.1. The molecule has 3 rings (SSSR count). The topological polar surface area (TPSA) is 34.2 Å². The van der Waals surface area contributed by atoms with Gasteiger partial charge in [-0.2, -0.15) is 0 Å². The molecule has 37 heavy (non-hydrogen) atoms. The number of methoxy groups -OCH3 is 1. The van der Waals surface area contributed by atoms with E-state index >= 15 is 0 Å². The fraction of sp³-hybridized carbons (Fsp3) is 0.500. The van der Waals surface area contributed by atoms with E-state index in [0.717, 1.165) is 42.0 Å². The normalized spacial score (nSPS) is 20.2. The number of allylic oxidation sites excluding steroid dienone is 2. The second-order valence-corrected chi connectivity index (χ2v) is 11.0. The molecule has 1 aromatic rings. The summed E-state index contributed by atoms with van der Waals surface area (Å²) in [6, 6.07) is 6.67. The van der Waals surface area contributed by atoms with E-state index in [9.17, 15) is 0 Å². The first-order chi connectivity index (χ1) is 17.5. The lowest BCUT2D eigenvalue weighted by Crippen LogP contribution is -2.55. The molecule has 1 saturated heterocycles. The molecule has 2 aliphatic heterocycles. The number of piperazine rings is 1. The minimum absolute atomic E-state index is 0.0483. The van der Waals surface area contributed by atoms with Crippen LogP contribution in [0.2, 0.25) is 0 Å². The number of rotatable bonds is 9. The minimum atomic E-state index is 0.0483. The van der Waals surface area contributed by atoms with E-state index in [1.165, 1.54) is 21.7 Å². The number of likely N-dealkylation sites (N-methyl/N-ethyl adjacent to an activating group) is 1. The first-order valence-electron chi connectivity index (χ1n) is 13.4. The van der Waals surface area contributed by atoms with Crippen LogP contribution in [-0.4, -0.2) is 56.4 Å². The van der Waals surface area contributed by atoms with Gasteiger partial charge < -0.3 is 24.0 Å². The van der Waals surface area contributed by atoms with Gasteiger partial charge >= 0.3 is 0 Å². The first-order valence-corrected chi connectivity index (χ1v) is 13.4. The Balaban J connectivity index is 2.28. The van der Waals surface area contributed by atoms with Crippen molar-refractivity contribution >= 4 is 11.3 Å². The van der Waals surface area contributed by atoms with Crippen molar-refractivity contribution in [3.8, 4) is 5.75 Å². The third-order valence-electron chi connectivity index (χ3n) is 7.22. The maximum Gasteiger partial charge on any atom is 0.127 e. The molecule has 0 saturated carbocycles. The van der Waals surface area contributed by atoms with E-state index in [1.807, 2.05) is 6.92 Å². The van der Waals surface area contributed by atoms with Crippen LogP contribution >= 0.6 is 0 Å². The lowest BCUT2D eigenvalue weighted by Gasteiger charge is -2.50. The highest BCUT2D eigenvalue weighted by Crippen LogP contribution is 2.41. The molecule has 1 aromatic carbocycles. The summed E-state index contributed by atoms with van der Waals surface area (Å²) in [5.41, 5.74) is 5.55. The summed E-state index contributed by atoms with van der Waals surface area (Å²) < 4.78 is 17.3. The zero-order valence-electron chi connectivity index (χ0n) is 24.2. The standard InChI is InChI=1S/C32H46N2O3/c1-11-22(3)30-25(15-13-16-28(30)37-18-14-17-35-10)31-27-19-23(4)26(24(5)36-12-2)20-34(27)29(21-33(31)9)32(6,7)8/h13,15-16,19-20,29H,4-5,11-12,14,17-18,21H2,1-3,6-10H3/b30-22?,31-25-. The van der Waals surface area contributed by atoms with Crippen molar-refractivity contribution in [3.63, 3.8) is 0 Å². The summed E-state index contributed by atoms with van der Waals surface area (Å²) in [5.74, 6) is 1.59. The Labute approximate surface area is 224 Å². The minimum Gasteiger partial charge on any atom is -0.494 e. The van der Waals surface area contributed by atoms with Crippen molar-refractivity contribution in [2.45, 2.75) is 60.4 Å². The predicted octanol–water partition coefficient (Wildman–Crippen LogP) is 5.34. The van der Waals surface area contributed by atoms with E-state index in [-0.39, 0.29) is 11.5 Å². The molecule has 1 unspecified atom stereocenters. The highest BCUT2D eigenvalue weighted by atomic mass is 16.5. The van der Waals surface area contributed by atoms with Crippen LogP contribution in [0.4, 0.5) is 0 Å². The third kappa shape index (κ3) is 6.15. The van der Waals surface area contributed by atoms with Gasteiger partial charge in [0.25, 0.3) is 0 Å². The van der Waals surface area contributed by atoms with Gasteiger partial charge in [0, 0.05) is 55.9 Å². The summed E-state index contributed by atoms with van der Waals surface area (Å²) in [7, 11) is 3.92. The monoisotopic (exact) mass is 506 g/mol. The van der Waals surface area contributed by atoms with E-state index in [2.05, 4.69) is 95.1 Å². The van der Waals surface area contributed by atoms with Crippen LogP contribution in [0.25, 0.3) is 11.3 Å². The van der Waals surface area contributed by atoms with Crippen LogP contribution in [-0.2, 0) is 9.47 Å². The van der Waals surface area contributed by atoms with Crippen molar-refractivity contribution in [2.75, 3.05) is 40.5 Å². The van der Waals surface area contributed by atoms with E-state index < -0.39 is 0 Å². The van der Waals surface area contributed by atoms with Crippen molar-refractivity contribution in [1.82, 2.24) is 9.80 Å². The Bertz CT molecular complexity index is 1200. The van der Waals surface area contributed by atoms with Crippen LogP contribution in [0.5, 0.6) is 5.75 Å². The molecule has 5 nitrogen and oxygen atoms in total. The van der Waals surface area contributed by atoms with Gasteiger partial charge in [-0.05, 0) is 43.4 Å². The Morgan fingerprint density at radius 2 is 1.89 bits per heavy atom. The van der Waals surface area contributed by atoms with Gasteiger partial charge in [-0.25, -0.2) is 0 Å². The lowest BCUT2D eigenvalue weighted by molar-refractivity contribution is 0.128. The van der Waals surface area contributed by atoms with Crippen LogP contribution in [0.1, 0.15) is 54.4 Å². The number of benzene rings is 1. The Morgan fingerprint density at radius 1 is 1.16 bits per heavy atom. The highest BCUT2D eigenvalue weighted by molar-refractivity contribution is 5.70. The van der Waals surface area contributed by atoms with Gasteiger partial charge in [-0.15, -0.1) is 0 Å². The smallest absolute Gasteiger partial charge is 0.127 e. The molecular weight excluding hydrogens is 460 g/mol. The van der Waals surface area contributed by atoms with Gasteiger partial charge in [-0.1, -0.05) is 58.6 Å². The molecule has 202 valence electrons. The van der Waals surface area contributed by atoms with Gasteiger partial charge in [0.15, 0.2) is 0 Å². The number of fused-ring (bicyclic) bond motifs is 1. The lowest BCUT2D eigenvalue weighted by atomic mass is 9.82. The molecule has 2 aliphatic rings. The number of nitrogens with zero attached hydrogens (tertiary/aromatic N) is 2. The molecule has 0 N–H and O–H groups in total. The molecule has 1 atom stereocenters. The Hall–Kier alpha value is -2.92. The summed E-state index contributed by atoms with van der Waals surface area (Å²) in [5, 5.41) is 2.36. The fourth-order valence-corrected chi connectivity index (χ4v) is 5.08. The van der Waals surface area contributed by atoms with Crippen LogP contribution in [0.3, 0.4) is 0 Å². The van der Waals surface area contributed by atoms with Gasteiger partial charge in [0.1, 0.15) is 11.5 Å². The first kappa shape index (κ1) is 28.6. The molecule has 0 aromatic heterocycles. The molecule has 0 amide bonds. The third-order valence-corrected chi connectivity index (χ3v) is 7.22. The van der Waals surface area contributed by atoms with Crippen molar-refractivity contribution < 1.29 is 14.2 Å². The van der Waals surface area contributed by atoms with Crippen LogP contribution < -0.4 is 15.2 Å². The molecular formula is C32H46N2O3. The van der Waals surface area contributed by atoms with E-state index in [0.29, 0.717) is 25.6 Å². The maximum absolute atomic E-state index is 6.31. The molecule has 0 aliphatic carbocycles. The van der Waals surface area contributed by atoms with Gasteiger partial charge in [0.05, 0.1) is 30.6 Å². The van der Waals surface area contributed by atoms with Crippen molar-refractivity contribution in [1.29, 1.82) is 0 Å². The van der Waals surface area contributed by atoms with Crippen molar-refractivity contribution in [3.05, 3.63) is 76.7 Å². The van der Waals surface area contributed by atoms with E-state index in [1.54, 1.807) is 7.11 Å². The van der Waals surface area contributed by atoms with E-state index in [4.69, 9.17) is 14.2 Å². The fourth-order valence-electron chi connectivity index (χ4n) is 5.08. The zero-order chi connectivity index (χ0) is 27.3. The molecule has 1 fully saturated rings. The zero-order valence-corrected chi connectivity index (χ0v) is 24.2. The number of ether oxygens (including phenoxy) is 3. The van der Waals surface area contributed by atoms with Gasteiger partial charge in [0.2, 0.25) is 0 Å². The molecule has 5 heteroatoms. The quantitative estimate of drug-likeness (QED) is 0.334. The number of hydrogen-bond acceptors (Lipinski definition) is 5.